The van der Waals surface area contributed by atoms with Gasteiger partial charge in [-0.2, -0.15) is 5.10 Å². The first-order chi connectivity index (χ1) is 10.8. The molecule has 1 aromatic rings. The average Bonchev–Trinajstić information content (AvgIpc) is 3.06. The Labute approximate surface area is 147 Å². The van der Waals surface area contributed by atoms with E-state index in [9.17, 15) is 4.79 Å². The van der Waals surface area contributed by atoms with Gasteiger partial charge in [0.1, 0.15) is 10.1 Å². The zero-order chi connectivity index (χ0) is 17.1. The van der Waals surface area contributed by atoms with Crippen molar-refractivity contribution in [3.05, 3.63) is 29.8 Å². The second-order valence-electron chi connectivity index (χ2n) is 5.94. The van der Waals surface area contributed by atoms with Crippen LogP contribution in [0.1, 0.15) is 45.6 Å². The molecule has 0 aliphatic heterocycles. The van der Waals surface area contributed by atoms with Crippen LogP contribution in [-0.2, 0) is 4.79 Å². The highest BCUT2D eigenvalue weighted by Crippen LogP contribution is 2.63. The predicted molar refractivity (Wildman–Crippen MR) is 94.4 cm³/mol. The average molecular weight is 357 g/mol. The summed E-state index contributed by atoms with van der Waals surface area (Å²) in [6, 6.07) is 7.68. The smallest absolute Gasteiger partial charge is 0.249 e. The topological polar surface area (TPSA) is 50.7 Å². The third-order valence-electron chi connectivity index (χ3n) is 4.05. The molecular weight excluding hydrogens is 335 g/mol. The third-order valence-corrected chi connectivity index (χ3v) is 5.15. The molecule has 1 unspecified atom stereocenters. The van der Waals surface area contributed by atoms with Crippen molar-refractivity contribution < 1.29 is 9.53 Å². The summed E-state index contributed by atoms with van der Waals surface area (Å²) in [7, 11) is 0. The van der Waals surface area contributed by atoms with Crippen molar-refractivity contribution in [1.82, 2.24) is 5.43 Å². The first kappa shape index (κ1) is 18.1. The van der Waals surface area contributed by atoms with E-state index in [1.165, 1.54) is 0 Å². The van der Waals surface area contributed by atoms with Crippen molar-refractivity contribution in [1.29, 1.82) is 0 Å². The molecule has 1 saturated carbocycles. The number of nitrogens with zero attached hydrogens (tertiary/aromatic N) is 1. The molecule has 0 bridgehead atoms. The molecule has 0 spiro atoms. The van der Waals surface area contributed by atoms with Gasteiger partial charge in [0, 0.05) is 0 Å². The number of alkyl halides is 2. The van der Waals surface area contributed by atoms with Crippen LogP contribution < -0.4 is 10.2 Å². The summed E-state index contributed by atoms with van der Waals surface area (Å²) in [5, 5.41) is 4.24. The summed E-state index contributed by atoms with van der Waals surface area (Å²) in [5.41, 5.74) is 3.56. The van der Waals surface area contributed by atoms with Crippen LogP contribution in [-0.4, -0.2) is 22.6 Å². The van der Waals surface area contributed by atoms with Crippen molar-refractivity contribution >= 4 is 34.8 Å². The van der Waals surface area contributed by atoms with Gasteiger partial charge in [0.25, 0.3) is 0 Å². The molecule has 1 amide bonds. The molecule has 126 valence electrons. The van der Waals surface area contributed by atoms with E-state index in [-0.39, 0.29) is 5.91 Å². The molecule has 1 N–H and O–H groups in total. The SMILES string of the molecule is CCCOc1ccc(/C(CC)=N/NC(=O)C2(C)CC2(Cl)Cl)cc1. The Morgan fingerprint density at radius 1 is 1.30 bits per heavy atom. The van der Waals surface area contributed by atoms with E-state index in [4.69, 9.17) is 27.9 Å². The number of hydrazone groups is 1. The number of carbonyl (C=O) groups is 1. The van der Waals surface area contributed by atoms with Crippen LogP contribution in [0.2, 0.25) is 0 Å². The summed E-state index contributed by atoms with van der Waals surface area (Å²) in [5.74, 6) is 0.575. The number of amides is 1. The van der Waals surface area contributed by atoms with Gasteiger partial charge in [0.05, 0.1) is 17.7 Å². The Bertz CT molecular complexity index is 599. The zero-order valence-electron chi connectivity index (χ0n) is 13.7. The van der Waals surface area contributed by atoms with Gasteiger partial charge in [-0.25, -0.2) is 5.43 Å². The van der Waals surface area contributed by atoms with Gasteiger partial charge in [-0.15, -0.1) is 23.2 Å². The second-order valence-corrected chi connectivity index (χ2v) is 7.42. The third kappa shape index (κ3) is 3.99. The maximum atomic E-state index is 12.2. The van der Waals surface area contributed by atoms with E-state index in [1.807, 2.05) is 31.2 Å². The second kappa shape index (κ2) is 7.10. The fraction of sp³-hybridized carbons (Fsp3) is 0.529. The van der Waals surface area contributed by atoms with E-state index < -0.39 is 9.75 Å². The molecule has 1 fully saturated rings. The van der Waals surface area contributed by atoms with Crippen molar-refractivity contribution in [3.63, 3.8) is 0 Å². The van der Waals surface area contributed by atoms with E-state index >= 15 is 0 Å². The van der Waals surface area contributed by atoms with Crippen molar-refractivity contribution in [2.75, 3.05) is 6.61 Å². The lowest BCUT2D eigenvalue weighted by Gasteiger charge is -2.11. The molecule has 0 radical (unpaired) electrons. The molecule has 2 rings (SSSR count). The van der Waals surface area contributed by atoms with Gasteiger partial charge in [0.2, 0.25) is 5.91 Å². The first-order valence-corrected chi connectivity index (χ1v) is 8.57. The van der Waals surface area contributed by atoms with Crippen molar-refractivity contribution in [2.24, 2.45) is 10.5 Å². The molecule has 0 saturated heterocycles. The van der Waals surface area contributed by atoms with Gasteiger partial charge in [-0.05, 0) is 56.0 Å². The van der Waals surface area contributed by atoms with Gasteiger partial charge in [-0.1, -0.05) is 13.8 Å². The lowest BCUT2D eigenvalue weighted by molar-refractivity contribution is -0.125. The van der Waals surface area contributed by atoms with Crippen LogP contribution in [0.25, 0.3) is 0 Å². The monoisotopic (exact) mass is 356 g/mol. The van der Waals surface area contributed by atoms with Crippen molar-refractivity contribution in [3.8, 4) is 5.75 Å². The standard InChI is InChI=1S/C17H22Cl2N2O2/c1-4-10-23-13-8-6-12(7-9-13)14(5-2)20-21-15(22)16(3)11-17(16,18)19/h6-9H,4-5,10-11H2,1-3H3,(H,21,22)/b20-14+. The number of ether oxygens (including phenoxy) is 1. The van der Waals surface area contributed by atoms with Crippen LogP contribution in [0.3, 0.4) is 0 Å². The van der Waals surface area contributed by atoms with Gasteiger partial charge < -0.3 is 4.74 Å². The number of benzene rings is 1. The Balaban J connectivity index is 2.03. The highest BCUT2D eigenvalue weighted by atomic mass is 35.5. The fourth-order valence-electron chi connectivity index (χ4n) is 2.20. The maximum absolute atomic E-state index is 12.2. The number of hydrogen-bond donors (Lipinski definition) is 1. The minimum absolute atomic E-state index is 0.253. The molecule has 1 aliphatic rings. The Morgan fingerprint density at radius 3 is 2.39 bits per heavy atom. The quantitative estimate of drug-likeness (QED) is 0.450. The number of halogens is 2. The molecule has 23 heavy (non-hydrogen) atoms. The van der Waals surface area contributed by atoms with E-state index in [2.05, 4.69) is 17.5 Å². The largest absolute Gasteiger partial charge is 0.494 e. The van der Waals surface area contributed by atoms with Crippen LogP contribution in [0.5, 0.6) is 5.75 Å². The minimum Gasteiger partial charge on any atom is -0.494 e. The number of rotatable bonds is 7. The van der Waals surface area contributed by atoms with E-state index in [0.29, 0.717) is 19.4 Å². The van der Waals surface area contributed by atoms with Crippen LogP contribution in [0, 0.1) is 5.41 Å². The van der Waals surface area contributed by atoms with E-state index in [1.54, 1.807) is 6.92 Å². The van der Waals surface area contributed by atoms with E-state index in [0.717, 1.165) is 23.4 Å². The molecular formula is C17H22Cl2N2O2. The summed E-state index contributed by atoms with van der Waals surface area (Å²) < 4.78 is 4.57. The maximum Gasteiger partial charge on any atom is 0.249 e. The molecule has 1 aromatic carbocycles. The number of carbonyl (C=O) groups excluding carboxylic acids is 1. The van der Waals surface area contributed by atoms with Gasteiger partial charge in [-0.3, -0.25) is 4.79 Å². The van der Waals surface area contributed by atoms with Gasteiger partial charge in [0.15, 0.2) is 0 Å². The normalized spacial score (nSPS) is 22.6. The highest BCUT2D eigenvalue weighted by Gasteiger charge is 2.68. The summed E-state index contributed by atoms with van der Waals surface area (Å²) >= 11 is 12.0. The van der Waals surface area contributed by atoms with Crippen LogP contribution in [0.4, 0.5) is 0 Å². The van der Waals surface area contributed by atoms with Gasteiger partial charge >= 0.3 is 0 Å². The molecule has 0 aromatic heterocycles. The molecule has 4 nitrogen and oxygen atoms in total. The number of hydrogen-bond acceptors (Lipinski definition) is 3. The molecule has 1 atom stereocenters. The van der Waals surface area contributed by atoms with Crippen LogP contribution in [0.15, 0.2) is 29.4 Å². The fourth-order valence-corrected chi connectivity index (χ4v) is 2.91. The Morgan fingerprint density at radius 2 is 1.91 bits per heavy atom. The lowest BCUT2D eigenvalue weighted by Crippen LogP contribution is -2.30. The summed E-state index contributed by atoms with van der Waals surface area (Å²) in [6.07, 6.45) is 2.10. The minimum atomic E-state index is -0.989. The predicted octanol–water partition coefficient (Wildman–Crippen LogP) is 4.29. The lowest BCUT2D eigenvalue weighted by atomic mass is 10.1. The Hall–Kier alpha value is -1.26. The first-order valence-electron chi connectivity index (χ1n) is 7.82. The summed E-state index contributed by atoms with van der Waals surface area (Å²) in [6.45, 7) is 6.49. The highest BCUT2D eigenvalue weighted by molar-refractivity contribution is 6.53. The van der Waals surface area contributed by atoms with Crippen LogP contribution >= 0.6 is 23.2 Å². The zero-order valence-corrected chi connectivity index (χ0v) is 15.2. The summed E-state index contributed by atoms with van der Waals surface area (Å²) in [4.78, 5) is 12.2. The Kier molecular flexibility index (Phi) is 5.58. The number of nitrogens with one attached hydrogen (secondary N) is 1. The molecule has 6 heteroatoms. The molecule has 0 heterocycles. The molecule has 1 aliphatic carbocycles. The van der Waals surface area contributed by atoms with Crippen molar-refractivity contribution in [2.45, 2.75) is 44.4 Å².